The fourth-order valence-electron chi connectivity index (χ4n) is 3.03. The molecule has 0 saturated heterocycles. The van der Waals surface area contributed by atoms with Crippen LogP contribution in [0.15, 0.2) is 48.5 Å². The summed E-state index contributed by atoms with van der Waals surface area (Å²) in [5.74, 6) is -0.371. The van der Waals surface area contributed by atoms with Gasteiger partial charge in [0.15, 0.2) is 0 Å². The van der Waals surface area contributed by atoms with Crippen LogP contribution in [0.1, 0.15) is 54.3 Å². The Balaban J connectivity index is 1.87. The number of benzene rings is 2. The molecule has 7 nitrogen and oxygen atoms in total. The highest BCUT2D eigenvalue weighted by Gasteiger charge is 2.13. The van der Waals surface area contributed by atoms with Gasteiger partial charge in [-0.05, 0) is 62.7 Å². The summed E-state index contributed by atoms with van der Waals surface area (Å²) in [6.45, 7) is 7.96. The SMILES string of the molecule is CCCCNC(=O)c1ccc(NC(=O)CNc2cccc(C(=O)N(CC)CC)c2)cc1. The summed E-state index contributed by atoms with van der Waals surface area (Å²) < 4.78 is 0. The number of nitrogens with zero attached hydrogens (tertiary/aromatic N) is 1. The molecule has 2 aromatic carbocycles. The van der Waals surface area contributed by atoms with Gasteiger partial charge in [0.2, 0.25) is 5.91 Å². The minimum Gasteiger partial charge on any atom is -0.376 e. The largest absolute Gasteiger partial charge is 0.376 e. The minimum atomic E-state index is -0.222. The summed E-state index contributed by atoms with van der Waals surface area (Å²) >= 11 is 0. The van der Waals surface area contributed by atoms with E-state index in [9.17, 15) is 14.4 Å². The Morgan fingerprint density at radius 1 is 0.871 bits per heavy atom. The molecule has 2 rings (SSSR count). The van der Waals surface area contributed by atoms with E-state index in [1.165, 1.54) is 0 Å². The molecule has 3 N–H and O–H groups in total. The van der Waals surface area contributed by atoms with Crippen molar-refractivity contribution in [3.8, 4) is 0 Å². The zero-order valence-corrected chi connectivity index (χ0v) is 18.5. The van der Waals surface area contributed by atoms with Gasteiger partial charge in [-0.1, -0.05) is 19.4 Å². The van der Waals surface area contributed by atoms with Crippen molar-refractivity contribution in [3.05, 3.63) is 59.7 Å². The Kier molecular flexibility index (Phi) is 9.55. The van der Waals surface area contributed by atoms with E-state index in [0.29, 0.717) is 42.1 Å². The lowest BCUT2D eigenvalue weighted by Gasteiger charge is -2.19. The van der Waals surface area contributed by atoms with Gasteiger partial charge in [-0.15, -0.1) is 0 Å². The summed E-state index contributed by atoms with van der Waals surface area (Å²) in [6.07, 6.45) is 1.97. The molecule has 166 valence electrons. The molecule has 0 aliphatic rings. The van der Waals surface area contributed by atoms with Crippen LogP contribution in [0.5, 0.6) is 0 Å². The fraction of sp³-hybridized carbons (Fsp3) is 0.375. The van der Waals surface area contributed by atoms with Crippen molar-refractivity contribution >= 4 is 29.1 Å². The van der Waals surface area contributed by atoms with E-state index in [-0.39, 0.29) is 24.3 Å². The maximum atomic E-state index is 12.5. The van der Waals surface area contributed by atoms with Crippen LogP contribution >= 0.6 is 0 Å². The third kappa shape index (κ3) is 7.44. The van der Waals surface area contributed by atoms with Crippen LogP contribution in [0.4, 0.5) is 11.4 Å². The summed E-state index contributed by atoms with van der Waals surface area (Å²) in [5, 5.41) is 8.70. The Labute approximate surface area is 184 Å². The van der Waals surface area contributed by atoms with E-state index in [1.54, 1.807) is 47.4 Å². The molecule has 0 aliphatic heterocycles. The first-order valence-corrected chi connectivity index (χ1v) is 10.8. The van der Waals surface area contributed by atoms with E-state index in [1.807, 2.05) is 19.9 Å². The molecule has 0 unspecified atom stereocenters. The van der Waals surface area contributed by atoms with Gasteiger partial charge >= 0.3 is 0 Å². The lowest BCUT2D eigenvalue weighted by Crippen LogP contribution is -2.30. The Morgan fingerprint density at radius 3 is 2.23 bits per heavy atom. The quantitative estimate of drug-likeness (QED) is 0.479. The highest BCUT2D eigenvalue weighted by molar-refractivity contribution is 5.97. The van der Waals surface area contributed by atoms with E-state index in [2.05, 4.69) is 22.9 Å². The van der Waals surface area contributed by atoms with E-state index < -0.39 is 0 Å². The lowest BCUT2D eigenvalue weighted by molar-refractivity contribution is -0.114. The number of rotatable bonds is 11. The van der Waals surface area contributed by atoms with Gasteiger partial charge in [0.05, 0.1) is 6.54 Å². The van der Waals surface area contributed by atoms with Gasteiger partial charge in [-0.2, -0.15) is 0 Å². The molecule has 7 heteroatoms. The first-order valence-electron chi connectivity index (χ1n) is 10.8. The van der Waals surface area contributed by atoms with Crippen LogP contribution in [0.2, 0.25) is 0 Å². The second kappa shape index (κ2) is 12.4. The number of amides is 3. The van der Waals surface area contributed by atoms with Gasteiger partial charge in [-0.25, -0.2) is 0 Å². The average molecular weight is 425 g/mol. The number of hydrogen-bond donors (Lipinski definition) is 3. The minimum absolute atomic E-state index is 0.0306. The van der Waals surface area contributed by atoms with Crippen LogP contribution in [0.25, 0.3) is 0 Å². The van der Waals surface area contributed by atoms with Crippen LogP contribution in [0, 0.1) is 0 Å². The van der Waals surface area contributed by atoms with Crippen molar-refractivity contribution in [2.24, 2.45) is 0 Å². The molecule has 0 bridgehead atoms. The van der Waals surface area contributed by atoms with Crippen molar-refractivity contribution in [1.29, 1.82) is 0 Å². The van der Waals surface area contributed by atoms with Crippen LogP contribution in [-0.2, 0) is 4.79 Å². The molecule has 0 radical (unpaired) electrons. The molecule has 0 saturated carbocycles. The molecule has 0 atom stereocenters. The summed E-state index contributed by atoms with van der Waals surface area (Å²) in [5.41, 5.74) is 2.46. The molecular weight excluding hydrogens is 392 g/mol. The maximum absolute atomic E-state index is 12.5. The number of nitrogens with one attached hydrogen (secondary N) is 3. The van der Waals surface area contributed by atoms with Crippen LogP contribution < -0.4 is 16.0 Å². The summed E-state index contributed by atoms with van der Waals surface area (Å²) in [4.78, 5) is 38.5. The maximum Gasteiger partial charge on any atom is 0.253 e. The molecule has 31 heavy (non-hydrogen) atoms. The van der Waals surface area contributed by atoms with Gasteiger partial charge in [0.25, 0.3) is 11.8 Å². The van der Waals surface area contributed by atoms with Crippen molar-refractivity contribution in [3.63, 3.8) is 0 Å². The number of unbranched alkanes of at least 4 members (excludes halogenated alkanes) is 1. The monoisotopic (exact) mass is 424 g/mol. The third-order valence-electron chi connectivity index (χ3n) is 4.86. The summed E-state index contributed by atoms with van der Waals surface area (Å²) in [7, 11) is 0. The Bertz CT molecular complexity index is 877. The Hall–Kier alpha value is -3.35. The zero-order valence-electron chi connectivity index (χ0n) is 18.5. The predicted octanol–water partition coefficient (Wildman–Crippen LogP) is 3.75. The molecule has 3 amide bonds. The standard InChI is InChI=1S/C24H32N4O3/c1-4-7-15-25-23(30)18-11-13-20(14-12-18)27-22(29)17-26-21-10-8-9-19(16-21)24(31)28(5-2)6-3/h8-14,16,26H,4-7,15,17H2,1-3H3,(H,25,30)(H,27,29). The van der Waals surface area contributed by atoms with Crippen LogP contribution in [0.3, 0.4) is 0 Å². The summed E-state index contributed by atoms with van der Waals surface area (Å²) in [6, 6.07) is 13.9. The first kappa shape index (κ1) is 23.9. The highest BCUT2D eigenvalue weighted by atomic mass is 16.2. The highest BCUT2D eigenvalue weighted by Crippen LogP contribution is 2.13. The number of carbonyl (C=O) groups excluding carboxylic acids is 3. The van der Waals surface area contributed by atoms with Gasteiger partial charge in [0.1, 0.15) is 0 Å². The van der Waals surface area contributed by atoms with E-state index >= 15 is 0 Å². The van der Waals surface area contributed by atoms with Gasteiger partial charge in [0, 0.05) is 42.1 Å². The second-order valence-electron chi connectivity index (χ2n) is 7.15. The first-order chi connectivity index (χ1) is 15.0. The third-order valence-corrected chi connectivity index (χ3v) is 4.86. The van der Waals surface area contributed by atoms with E-state index in [4.69, 9.17) is 0 Å². The molecule has 0 aromatic heterocycles. The molecule has 0 aliphatic carbocycles. The predicted molar refractivity (Wildman–Crippen MR) is 124 cm³/mol. The molecular formula is C24H32N4O3. The second-order valence-corrected chi connectivity index (χ2v) is 7.15. The fourth-order valence-corrected chi connectivity index (χ4v) is 3.03. The van der Waals surface area contributed by atoms with Crippen molar-refractivity contribution in [2.45, 2.75) is 33.6 Å². The van der Waals surface area contributed by atoms with E-state index in [0.717, 1.165) is 12.8 Å². The lowest BCUT2D eigenvalue weighted by atomic mass is 10.1. The van der Waals surface area contributed by atoms with Crippen LogP contribution in [-0.4, -0.2) is 48.8 Å². The van der Waals surface area contributed by atoms with Gasteiger partial charge in [-0.3, -0.25) is 14.4 Å². The topological polar surface area (TPSA) is 90.5 Å². The van der Waals surface area contributed by atoms with Crippen molar-refractivity contribution in [1.82, 2.24) is 10.2 Å². The molecule has 0 fully saturated rings. The number of carbonyl (C=O) groups is 3. The normalized spacial score (nSPS) is 10.3. The Morgan fingerprint density at radius 2 is 1.58 bits per heavy atom. The molecule has 0 heterocycles. The average Bonchev–Trinajstić information content (AvgIpc) is 2.79. The smallest absolute Gasteiger partial charge is 0.253 e. The number of hydrogen-bond acceptors (Lipinski definition) is 4. The van der Waals surface area contributed by atoms with Crippen molar-refractivity contribution in [2.75, 3.05) is 36.8 Å². The van der Waals surface area contributed by atoms with Gasteiger partial charge < -0.3 is 20.9 Å². The molecule has 2 aromatic rings. The molecule has 0 spiro atoms. The van der Waals surface area contributed by atoms with Crippen molar-refractivity contribution < 1.29 is 14.4 Å². The zero-order chi connectivity index (χ0) is 22.6. The number of anilines is 2.